The molecule has 5 atom stereocenters. The van der Waals surface area contributed by atoms with Crippen molar-refractivity contribution >= 4 is 46.7 Å². The molecule has 10 nitrogen and oxygen atoms in total. The van der Waals surface area contributed by atoms with E-state index in [-0.39, 0.29) is 34.9 Å². The van der Waals surface area contributed by atoms with Gasteiger partial charge in [0.1, 0.15) is 12.1 Å². The SMILES string of the molecule is O=C(N[C@H]1CCC[C@H]2CC[C@@H](C(=O)N3CC(c4cccnc4)CC34CC4)N2C1=O)c1cc2cc(C(F)P(=O)(O)O)ccc2s1. The molecule has 2 aromatic heterocycles. The molecule has 3 aromatic rings. The monoisotopic (exact) mass is 640 g/mol. The zero-order chi connectivity index (χ0) is 30.8. The number of thiophene rings is 1. The average Bonchev–Trinajstić information content (AvgIpc) is 3.34. The number of rotatable bonds is 6. The molecule has 3 aliphatic heterocycles. The lowest BCUT2D eigenvalue weighted by atomic mass is 9.97. The number of aromatic nitrogens is 1. The van der Waals surface area contributed by atoms with Crippen LogP contribution in [0.5, 0.6) is 0 Å². The van der Waals surface area contributed by atoms with Crippen molar-refractivity contribution in [2.24, 2.45) is 0 Å². The number of nitrogens with zero attached hydrogens (tertiary/aromatic N) is 3. The first-order chi connectivity index (χ1) is 21.0. The molecule has 1 aliphatic carbocycles. The first-order valence-electron chi connectivity index (χ1n) is 15.1. The quantitative estimate of drug-likeness (QED) is 0.334. The molecule has 44 heavy (non-hydrogen) atoms. The third-order valence-corrected chi connectivity index (χ3v) is 11.9. The number of hydrogen-bond donors (Lipinski definition) is 3. The number of likely N-dealkylation sites (tertiary alicyclic amines) is 1. The van der Waals surface area contributed by atoms with Gasteiger partial charge in [-0.1, -0.05) is 12.1 Å². The van der Waals surface area contributed by atoms with Gasteiger partial charge in [0, 0.05) is 41.1 Å². The van der Waals surface area contributed by atoms with Crippen molar-refractivity contribution in [2.75, 3.05) is 6.54 Å². The van der Waals surface area contributed by atoms with Crippen LogP contribution in [0.3, 0.4) is 0 Å². The maximum Gasteiger partial charge on any atom is 0.363 e. The molecule has 3 saturated heterocycles. The molecule has 2 unspecified atom stereocenters. The third-order valence-electron chi connectivity index (χ3n) is 9.86. The van der Waals surface area contributed by atoms with E-state index >= 15 is 0 Å². The summed E-state index contributed by atoms with van der Waals surface area (Å²) in [5.74, 6) is -2.89. The molecule has 7 rings (SSSR count). The Morgan fingerprint density at radius 1 is 1.14 bits per heavy atom. The summed E-state index contributed by atoms with van der Waals surface area (Å²) in [6.45, 7) is 0.624. The fourth-order valence-corrected chi connectivity index (χ4v) is 8.99. The Morgan fingerprint density at radius 2 is 1.95 bits per heavy atom. The van der Waals surface area contributed by atoms with E-state index in [0.29, 0.717) is 34.3 Å². The zero-order valence-corrected chi connectivity index (χ0v) is 25.7. The van der Waals surface area contributed by atoms with Crippen LogP contribution in [0.2, 0.25) is 0 Å². The van der Waals surface area contributed by atoms with Gasteiger partial charge in [-0.3, -0.25) is 23.9 Å². The van der Waals surface area contributed by atoms with Gasteiger partial charge < -0.3 is 24.9 Å². The van der Waals surface area contributed by atoms with Crippen LogP contribution < -0.4 is 5.32 Å². The van der Waals surface area contributed by atoms with Crippen LogP contribution in [0.15, 0.2) is 48.8 Å². The highest BCUT2D eigenvalue weighted by molar-refractivity contribution is 7.51. The van der Waals surface area contributed by atoms with Crippen molar-refractivity contribution in [1.82, 2.24) is 20.1 Å². The van der Waals surface area contributed by atoms with E-state index in [2.05, 4.69) is 16.4 Å². The Kier molecular flexibility index (Phi) is 7.39. The Bertz CT molecular complexity index is 1680. The van der Waals surface area contributed by atoms with E-state index in [0.717, 1.165) is 55.4 Å². The maximum absolute atomic E-state index is 14.3. The summed E-state index contributed by atoms with van der Waals surface area (Å²) in [5, 5.41) is 3.38. The molecule has 1 saturated carbocycles. The van der Waals surface area contributed by atoms with E-state index in [1.807, 2.05) is 17.2 Å². The van der Waals surface area contributed by atoms with Crippen molar-refractivity contribution in [3.8, 4) is 0 Å². The Hall–Kier alpha value is -3.18. The summed E-state index contributed by atoms with van der Waals surface area (Å²) in [6.07, 6.45) is 9.85. The second-order valence-electron chi connectivity index (χ2n) is 12.6. The largest absolute Gasteiger partial charge is 0.363 e. The standard InChI is InChI=1S/C31H34FN4O6PS/c32-27(43(40,41)42)18-6-9-25-20(13-18)14-26(44-25)28(37)34-23-5-1-4-22-7-8-24(36(22)29(23)38)30(39)35-17-21(15-31(35)10-11-31)19-3-2-12-33-16-19/h2-3,6,9,12-14,16,21-24,27H,1,4-5,7-8,10-11,15,17H2,(H,34,37)(H2,40,41,42)/t21?,22-,23-,24-,27?/m0/s1. The van der Waals surface area contributed by atoms with E-state index in [1.54, 1.807) is 17.2 Å². The summed E-state index contributed by atoms with van der Waals surface area (Å²) in [5.41, 5.74) is 0.839. The lowest BCUT2D eigenvalue weighted by Crippen LogP contribution is -2.56. The molecule has 5 heterocycles. The van der Waals surface area contributed by atoms with Gasteiger partial charge in [0.05, 0.1) is 4.88 Å². The number of pyridine rings is 1. The number of nitrogens with one attached hydrogen (secondary N) is 1. The highest BCUT2D eigenvalue weighted by Crippen LogP contribution is 2.55. The molecule has 1 spiro atoms. The minimum absolute atomic E-state index is 0.0125. The van der Waals surface area contributed by atoms with Crippen LogP contribution in [0.25, 0.3) is 10.1 Å². The summed E-state index contributed by atoms with van der Waals surface area (Å²) in [6, 6.07) is 8.34. The van der Waals surface area contributed by atoms with Crippen LogP contribution in [0.4, 0.5) is 4.39 Å². The second kappa shape index (κ2) is 11.0. The van der Waals surface area contributed by atoms with Gasteiger partial charge in [0.15, 0.2) is 0 Å². The highest BCUT2D eigenvalue weighted by Gasteiger charge is 2.58. The molecular formula is C31H34FN4O6PS. The molecule has 4 fully saturated rings. The van der Waals surface area contributed by atoms with Gasteiger partial charge in [-0.15, -0.1) is 11.3 Å². The van der Waals surface area contributed by atoms with Crippen molar-refractivity contribution < 1.29 is 33.1 Å². The highest BCUT2D eigenvalue weighted by atomic mass is 32.1. The Morgan fingerprint density at radius 3 is 2.68 bits per heavy atom. The summed E-state index contributed by atoms with van der Waals surface area (Å²) < 4.78 is 26.3. The molecule has 1 aromatic carbocycles. The second-order valence-corrected chi connectivity index (χ2v) is 15.4. The maximum atomic E-state index is 14.3. The van der Waals surface area contributed by atoms with Crippen molar-refractivity contribution in [3.05, 3.63) is 64.8 Å². The molecule has 3 amide bonds. The van der Waals surface area contributed by atoms with Crippen LogP contribution in [-0.4, -0.2) is 72.5 Å². The zero-order valence-electron chi connectivity index (χ0n) is 24.0. The van der Waals surface area contributed by atoms with Crippen LogP contribution in [-0.2, 0) is 14.2 Å². The minimum Gasteiger partial charge on any atom is -0.340 e. The summed E-state index contributed by atoms with van der Waals surface area (Å²) in [4.78, 5) is 68.3. The van der Waals surface area contributed by atoms with Gasteiger partial charge in [-0.2, -0.15) is 0 Å². The van der Waals surface area contributed by atoms with Crippen LogP contribution in [0.1, 0.15) is 84.0 Å². The fraction of sp³-hybridized carbons (Fsp3) is 0.484. The van der Waals surface area contributed by atoms with E-state index in [9.17, 15) is 33.1 Å². The van der Waals surface area contributed by atoms with Gasteiger partial charge in [0.2, 0.25) is 17.7 Å². The number of amides is 3. The Labute approximate surface area is 257 Å². The third kappa shape index (κ3) is 5.25. The molecule has 13 heteroatoms. The predicted molar refractivity (Wildman–Crippen MR) is 162 cm³/mol. The number of hydrogen-bond acceptors (Lipinski definition) is 6. The number of fused-ring (bicyclic) bond motifs is 2. The van der Waals surface area contributed by atoms with E-state index in [4.69, 9.17) is 0 Å². The fourth-order valence-electron chi connectivity index (χ4n) is 7.49. The summed E-state index contributed by atoms with van der Waals surface area (Å²) >= 11 is 1.16. The van der Waals surface area contributed by atoms with E-state index in [1.165, 1.54) is 18.2 Å². The van der Waals surface area contributed by atoms with Gasteiger partial charge in [-0.25, -0.2) is 4.39 Å². The van der Waals surface area contributed by atoms with Crippen LogP contribution in [0, 0.1) is 0 Å². The van der Waals surface area contributed by atoms with Gasteiger partial charge >= 0.3 is 7.60 Å². The van der Waals surface area contributed by atoms with Crippen molar-refractivity contribution in [3.63, 3.8) is 0 Å². The number of benzene rings is 1. The molecule has 232 valence electrons. The first kappa shape index (κ1) is 29.5. The molecule has 0 radical (unpaired) electrons. The number of alkyl halides is 1. The van der Waals surface area contributed by atoms with Gasteiger partial charge in [-0.05, 0) is 92.1 Å². The smallest absolute Gasteiger partial charge is 0.340 e. The minimum atomic E-state index is -4.97. The lowest BCUT2D eigenvalue weighted by molar-refractivity contribution is -0.147. The molecule has 4 aliphatic rings. The lowest BCUT2D eigenvalue weighted by Gasteiger charge is -2.34. The molecular weight excluding hydrogens is 606 g/mol. The normalized spacial score (nSPS) is 26.9. The van der Waals surface area contributed by atoms with Crippen LogP contribution >= 0.6 is 18.9 Å². The van der Waals surface area contributed by atoms with Gasteiger partial charge in [0.25, 0.3) is 5.91 Å². The number of halogens is 1. The topological polar surface area (TPSA) is 140 Å². The number of carbonyl (C=O) groups excluding carboxylic acids is 3. The average molecular weight is 641 g/mol. The first-order valence-corrected chi connectivity index (χ1v) is 17.6. The Balaban J connectivity index is 1.07. The number of carbonyl (C=O) groups is 3. The van der Waals surface area contributed by atoms with E-state index < -0.39 is 31.5 Å². The van der Waals surface area contributed by atoms with Crippen molar-refractivity contribution in [2.45, 2.75) is 86.9 Å². The predicted octanol–water partition coefficient (Wildman–Crippen LogP) is 4.63. The van der Waals surface area contributed by atoms with Crippen molar-refractivity contribution in [1.29, 1.82) is 0 Å². The molecule has 0 bridgehead atoms. The summed E-state index contributed by atoms with van der Waals surface area (Å²) in [7, 11) is -4.97. The molecule has 3 N–H and O–H groups in total.